The van der Waals surface area contributed by atoms with Gasteiger partial charge < -0.3 is 14.8 Å². The molecule has 2 heterocycles. The van der Waals surface area contributed by atoms with Gasteiger partial charge in [0, 0.05) is 43.8 Å². The number of carbonyl (C=O) groups excluding carboxylic acids is 1. The van der Waals surface area contributed by atoms with Crippen LogP contribution in [-0.4, -0.2) is 71.3 Å². The molecule has 2 aromatic carbocycles. The van der Waals surface area contributed by atoms with Gasteiger partial charge in [0.1, 0.15) is 0 Å². The largest absolute Gasteiger partial charge is 0.381 e. The molecule has 2 aliphatic heterocycles. The number of benzene rings is 2. The van der Waals surface area contributed by atoms with E-state index in [1.165, 1.54) is 12.1 Å². The van der Waals surface area contributed by atoms with E-state index in [4.69, 9.17) is 9.47 Å². The molecule has 0 aromatic heterocycles. The number of nitrogens with zero attached hydrogens (tertiary/aromatic N) is 1. The van der Waals surface area contributed by atoms with Crippen LogP contribution < -0.4 is 10.0 Å². The summed E-state index contributed by atoms with van der Waals surface area (Å²) < 4.78 is 39.8. The maximum absolute atomic E-state index is 13.2. The van der Waals surface area contributed by atoms with E-state index in [0.29, 0.717) is 43.5 Å². The van der Waals surface area contributed by atoms with Gasteiger partial charge in [-0.1, -0.05) is 24.3 Å². The minimum atomic E-state index is -3.84. The number of rotatable bonds is 8. The van der Waals surface area contributed by atoms with Gasteiger partial charge in [-0.2, -0.15) is 0 Å². The second-order valence-electron chi connectivity index (χ2n) is 8.95. The van der Waals surface area contributed by atoms with E-state index in [-0.39, 0.29) is 16.8 Å². The summed E-state index contributed by atoms with van der Waals surface area (Å²) in [4.78, 5) is 15.6. The standard InChI is InChI=1S/C25H33N3O5S/c1-18-7-8-21(34(30,31)27-23-6-4-3-5-19(23)2)15-22(18)25(29)26-16-24(20-9-12-33-17-20)28-10-13-32-14-11-28/h3-8,15,20,24,27H,9-14,16-17H2,1-2H3,(H,26,29). The molecule has 2 unspecified atom stereocenters. The molecule has 2 aliphatic rings. The van der Waals surface area contributed by atoms with E-state index in [0.717, 1.165) is 37.2 Å². The molecule has 1 amide bonds. The molecule has 0 spiro atoms. The van der Waals surface area contributed by atoms with E-state index in [1.807, 2.05) is 26.0 Å². The van der Waals surface area contributed by atoms with Crippen LogP contribution in [0, 0.1) is 19.8 Å². The van der Waals surface area contributed by atoms with Gasteiger partial charge in [-0.05, 0) is 49.6 Å². The number of morpholine rings is 1. The van der Waals surface area contributed by atoms with Gasteiger partial charge in [0.2, 0.25) is 0 Å². The van der Waals surface area contributed by atoms with Crippen molar-refractivity contribution in [3.8, 4) is 0 Å². The van der Waals surface area contributed by atoms with Gasteiger partial charge in [-0.3, -0.25) is 14.4 Å². The summed E-state index contributed by atoms with van der Waals surface area (Å²) in [5, 5.41) is 3.06. The average Bonchev–Trinajstić information content (AvgIpc) is 3.36. The lowest BCUT2D eigenvalue weighted by atomic mass is 9.96. The van der Waals surface area contributed by atoms with Crippen molar-refractivity contribution in [3.05, 3.63) is 59.2 Å². The third-order valence-corrected chi connectivity index (χ3v) is 8.01. The number of aryl methyl sites for hydroxylation is 2. The fraction of sp³-hybridized carbons (Fsp3) is 0.480. The van der Waals surface area contributed by atoms with E-state index in [1.54, 1.807) is 18.2 Å². The summed E-state index contributed by atoms with van der Waals surface area (Å²) in [6, 6.07) is 12.0. The van der Waals surface area contributed by atoms with Gasteiger partial charge in [0.25, 0.3) is 15.9 Å². The fourth-order valence-corrected chi connectivity index (χ4v) is 5.71. The molecule has 4 rings (SSSR count). The number of ether oxygens (including phenoxy) is 2. The highest BCUT2D eigenvalue weighted by Gasteiger charge is 2.32. The Hall–Kier alpha value is -2.46. The van der Waals surface area contributed by atoms with Crippen molar-refractivity contribution in [3.63, 3.8) is 0 Å². The summed E-state index contributed by atoms with van der Waals surface area (Å²) in [5.41, 5.74) is 2.41. The van der Waals surface area contributed by atoms with Crippen LogP contribution in [0.1, 0.15) is 27.9 Å². The number of anilines is 1. The van der Waals surface area contributed by atoms with Crippen molar-refractivity contribution in [2.45, 2.75) is 31.2 Å². The molecule has 2 aromatic rings. The Kier molecular flexibility index (Phi) is 7.88. The van der Waals surface area contributed by atoms with Crippen LogP contribution in [0.25, 0.3) is 0 Å². The Morgan fingerprint density at radius 2 is 1.82 bits per heavy atom. The average molecular weight is 488 g/mol. The van der Waals surface area contributed by atoms with Crippen LogP contribution in [0.4, 0.5) is 5.69 Å². The molecule has 0 saturated carbocycles. The lowest BCUT2D eigenvalue weighted by Gasteiger charge is -2.37. The summed E-state index contributed by atoms with van der Waals surface area (Å²) in [7, 11) is -3.84. The Morgan fingerprint density at radius 3 is 2.53 bits per heavy atom. The van der Waals surface area contributed by atoms with Crippen molar-refractivity contribution >= 4 is 21.6 Å². The van der Waals surface area contributed by atoms with Crippen LogP contribution in [0.5, 0.6) is 0 Å². The van der Waals surface area contributed by atoms with Crippen molar-refractivity contribution in [1.82, 2.24) is 10.2 Å². The zero-order chi connectivity index (χ0) is 24.1. The van der Waals surface area contributed by atoms with Crippen LogP contribution in [-0.2, 0) is 19.5 Å². The molecular formula is C25H33N3O5S. The fourth-order valence-electron chi connectivity index (χ4n) is 4.56. The maximum Gasteiger partial charge on any atom is 0.261 e. The molecule has 0 bridgehead atoms. The van der Waals surface area contributed by atoms with Crippen molar-refractivity contribution < 1.29 is 22.7 Å². The molecule has 2 saturated heterocycles. The highest BCUT2D eigenvalue weighted by Crippen LogP contribution is 2.23. The highest BCUT2D eigenvalue weighted by molar-refractivity contribution is 7.92. The first-order valence-corrected chi connectivity index (χ1v) is 13.2. The number of nitrogens with one attached hydrogen (secondary N) is 2. The Morgan fingerprint density at radius 1 is 1.06 bits per heavy atom. The monoisotopic (exact) mass is 487 g/mol. The molecule has 9 heteroatoms. The molecule has 8 nitrogen and oxygen atoms in total. The lowest BCUT2D eigenvalue weighted by Crippen LogP contribution is -2.52. The zero-order valence-electron chi connectivity index (χ0n) is 19.7. The lowest BCUT2D eigenvalue weighted by molar-refractivity contribution is 0.00166. The molecule has 0 aliphatic carbocycles. The number of carbonyl (C=O) groups is 1. The first-order chi connectivity index (χ1) is 16.3. The van der Waals surface area contributed by atoms with Gasteiger partial charge in [-0.15, -0.1) is 0 Å². The van der Waals surface area contributed by atoms with Crippen molar-refractivity contribution in [1.29, 1.82) is 0 Å². The Labute approximate surface area is 201 Å². The zero-order valence-corrected chi connectivity index (χ0v) is 20.6. The number of sulfonamides is 1. The highest BCUT2D eigenvalue weighted by atomic mass is 32.2. The van der Waals surface area contributed by atoms with E-state index in [9.17, 15) is 13.2 Å². The van der Waals surface area contributed by atoms with Crippen LogP contribution in [0.2, 0.25) is 0 Å². The molecule has 184 valence electrons. The molecular weight excluding hydrogens is 454 g/mol. The van der Waals surface area contributed by atoms with Gasteiger partial charge in [0.05, 0.1) is 30.4 Å². The van der Waals surface area contributed by atoms with Crippen LogP contribution in [0.15, 0.2) is 47.4 Å². The number of hydrogen-bond donors (Lipinski definition) is 2. The molecule has 34 heavy (non-hydrogen) atoms. The number of amides is 1. The first-order valence-electron chi connectivity index (χ1n) is 11.7. The molecule has 2 fully saturated rings. The third kappa shape index (κ3) is 5.78. The van der Waals surface area contributed by atoms with Gasteiger partial charge in [0.15, 0.2) is 0 Å². The Balaban J connectivity index is 1.49. The predicted molar refractivity (Wildman–Crippen MR) is 131 cm³/mol. The SMILES string of the molecule is Cc1ccccc1NS(=O)(=O)c1ccc(C)c(C(=O)NCC(C2CCOC2)N2CCOCC2)c1. The van der Waals surface area contributed by atoms with E-state index < -0.39 is 10.0 Å². The predicted octanol–water partition coefficient (Wildman–Crippen LogP) is 2.57. The molecule has 2 N–H and O–H groups in total. The summed E-state index contributed by atoms with van der Waals surface area (Å²) >= 11 is 0. The molecule has 2 atom stereocenters. The minimum absolute atomic E-state index is 0.0559. The summed E-state index contributed by atoms with van der Waals surface area (Å²) in [5.74, 6) is 0.0761. The quantitative estimate of drug-likeness (QED) is 0.594. The van der Waals surface area contributed by atoms with Crippen molar-refractivity contribution in [2.75, 3.05) is 50.8 Å². The molecule has 0 radical (unpaired) electrons. The van der Waals surface area contributed by atoms with Gasteiger partial charge in [-0.25, -0.2) is 8.42 Å². The maximum atomic E-state index is 13.2. The van der Waals surface area contributed by atoms with E-state index in [2.05, 4.69) is 14.9 Å². The number of para-hydroxylation sites is 1. The van der Waals surface area contributed by atoms with E-state index >= 15 is 0 Å². The smallest absolute Gasteiger partial charge is 0.261 e. The minimum Gasteiger partial charge on any atom is -0.381 e. The van der Waals surface area contributed by atoms with Crippen molar-refractivity contribution in [2.24, 2.45) is 5.92 Å². The Bertz CT molecular complexity index is 1110. The van der Waals surface area contributed by atoms with Crippen LogP contribution >= 0.6 is 0 Å². The summed E-state index contributed by atoms with van der Waals surface area (Å²) in [6.07, 6.45) is 0.967. The topological polar surface area (TPSA) is 97.0 Å². The second-order valence-corrected chi connectivity index (χ2v) is 10.6. The third-order valence-electron chi connectivity index (χ3n) is 6.65. The second kappa shape index (κ2) is 10.9. The normalized spacial score (nSPS) is 20.1. The van der Waals surface area contributed by atoms with Gasteiger partial charge >= 0.3 is 0 Å². The first kappa shape index (κ1) is 24.7. The number of hydrogen-bond acceptors (Lipinski definition) is 6. The summed E-state index contributed by atoms with van der Waals surface area (Å²) in [6.45, 7) is 8.58. The van der Waals surface area contributed by atoms with Crippen LogP contribution in [0.3, 0.4) is 0 Å².